The minimum Gasteiger partial charge on any atom is -0.345 e. The van der Waals surface area contributed by atoms with Gasteiger partial charge < -0.3 is 10.2 Å². The number of carbonyl (C=O) groups is 1. The van der Waals surface area contributed by atoms with Crippen LogP contribution >= 0.6 is 0 Å². The van der Waals surface area contributed by atoms with Crippen LogP contribution in [0.5, 0.6) is 0 Å². The third-order valence-corrected chi connectivity index (χ3v) is 5.41. The Bertz CT molecular complexity index is 862. The van der Waals surface area contributed by atoms with Crippen LogP contribution < -0.4 is 15.4 Å². The van der Waals surface area contributed by atoms with E-state index in [1.165, 1.54) is 23.3 Å². The highest BCUT2D eigenvalue weighted by Crippen LogP contribution is 2.15. The number of nitrogens with two attached hydrogens (primary N) is 1. The van der Waals surface area contributed by atoms with Crippen molar-refractivity contribution < 1.29 is 18.1 Å². The summed E-state index contributed by atoms with van der Waals surface area (Å²) >= 11 is 0. The van der Waals surface area contributed by atoms with Crippen LogP contribution in [0.25, 0.3) is 0 Å². The molecular weight excluding hydrogens is 362 g/mol. The number of likely N-dealkylation sites (N-methyl/N-ethyl adjacent to an activating group) is 1. The lowest BCUT2D eigenvalue weighted by molar-refractivity contribution is -0.885. The van der Waals surface area contributed by atoms with Crippen LogP contribution in [0.4, 0.5) is 0 Å². The fourth-order valence-electron chi connectivity index (χ4n) is 2.90. The third-order valence-electron chi connectivity index (χ3n) is 4.49. The fraction of sp³-hybridized carbons (Fsp3) is 0.350. The summed E-state index contributed by atoms with van der Waals surface area (Å²) in [5.41, 5.74) is 3.32. The van der Waals surface area contributed by atoms with Gasteiger partial charge >= 0.3 is 0 Å². The molecule has 0 radical (unpaired) electrons. The van der Waals surface area contributed by atoms with E-state index < -0.39 is 10.0 Å². The van der Waals surface area contributed by atoms with E-state index in [2.05, 4.69) is 36.5 Å². The molecule has 2 atom stereocenters. The number of amides is 1. The molecule has 2 rings (SSSR count). The molecule has 146 valence electrons. The van der Waals surface area contributed by atoms with E-state index in [-0.39, 0.29) is 16.8 Å². The Morgan fingerprint density at radius 1 is 1.07 bits per heavy atom. The van der Waals surface area contributed by atoms with E-state index in [9.17, 15) is 13.2 Å². The predicted octanol–water partition coefficient (Wildman–Crippen LogP) is 0.789. The molecule has 0 aliphatic heterocycles. The van der Waals surface area contributed by atoms with Gasteiger partial charge in [0.1, 0.15) is 6.54 Å². The van der Waals surface area contributed by atoms with E-state index in [1.807, 2.05) is 14.0 Å². The second-order valence-corrected chi connectivity index (χ2v) is 8.45. The molecule has 0 aliphatic rings. The maximum absolute atomic E-state index is 12.3. The van der Waals surface area contributed by atoms with Gasteiger partial charge in [-0.25, -0.2) is 13.6 Å². The highest BCUT2D eigenvalue weighted by molar-refractivity contribution is 7.89. The first kappa shape index (κ1) is 21.1. The molecule has 0 bridgehead atoms. The van der Waals surface area contributed by atoms with E-state index in [4.69, 9.17) is 5.14 Å². The Labute approximate surface area is 161 Å². The molecule has 1 amide bonds. The molecule has 27 heavy (non-hydrogen) atoms. The summed E-state index contributed by atoms with van der Waals surface area (Å²) in [5.74, 6) is -0.0549. The molecule has 1 unspecified atom stereocenters. The van der Waals surface area contributed by atoms with Crippen LogP contribution in [0.1, 0.15) is 36.6 Å². The number of primary sulfonamides is 1. The number of sulfonamides is 1. The quantitative estimate of drug-likeness (QED) is 0.622. The second-order valence-electron chi connectivity index (χ2n) is 6.88. The minimum absolute atomic E-state index is 0.0549. The maximum atomic E-state index is 12.3. The number of benzene rings is 2. The molecule has 2 aromatic carbocycles. The summed E-state index contributed by atoms with van der Waals surface area (Å²) in [5, 5.41) is 8.05. The summed E-state index contributed by atoms with van der Waals surface area (Å²) in [6.45, 7) is 5.12. The number of nitrogens with one attached hydrogen (secondary N) is 2. The average molecular weight is 391 g/mol. The summed E-state index contributed by atoms with van der Waals surface area (Å²) < 4.78 is 22.6. The van der Waals surface area contributed by atoms with Crippen molar-refractivity contribution in [3.8, 4) is 0 Å². The average Bonchev–Trinajstić information content (AvgIpc) is 2.61. The van der Waals surface area contributed by atoms with Crippen LogP contribution in [0.2, 0.25) is 0 Å². The lowest BCUT2D eigenvalue weighted by Gasteiger charge is -2.18. The van der Waals surface area contributed by atoms with Crippen molar-refractivity contribution in [1.82, 2.24) is 5.32 Å². The lowest BCUT2D eigenvalue weighted by Crippen LogP contribution is -3.08. The number of aryl methyl sites for hydroxylation is 1. The van der Waals surface area contributed by atoms with Gasteiger partial charge in [-0.3, -0.25) is 4.79 Å². The maximum Gasteiger partial charge on any atom is 0.275 e. The molecule has 4 N–H and O–H groups in total. The standard InChI is InChI=1S/C20H27N3O3S/c1-4-16-5-7-17(8-6-16)13-23(3)14-20(24)22-15(2)18-9-11-19(12-10-18)27(21,25)26/h5-12,15H,4,13-14H2,1-3H3,(H,22,24)(H2,21,25,26)/p+1/t15-/m0/s1. The molecule has 6 nitrogen and oxygen atoms in total. The first-order valence-corrected chi connectivity index (χ1v) is 10.5. The summed E-state index contributed by atoms with van der Waals surface area (Å²) in [7, 11) is -1.72. The van der Waals surface area contributed by atoms with Gasteiger partial charge in [0.05, 0.1) is 18.0 Å². The summed E-state index contributed by atoms with van der Waals surface area (Å²) in [4.78, 5) is 13.5. The van der Waals surface area contributed by atoms with Crippen LogP contribution in [0.15, 0.2) is 53.4 Å². The van der Waals surface area contributed by atoms with Gasteiger partial charge in [-0.1, -0.05) is 43.3 Å². The van der Waals surface area contributed by atoms with Crippen molar-refractivity contribution in [1.29, 1.82) is 0 Å². The number of hydrogen-bond donors (Lipinski definition) is 3. The Kier molecular flexibility index (Phi) is 7.12. The monoisotopic (exact) mass is 390 g/mol. The first-order valence-electron chi connectivity index (χ1n) is 9.00. The van der Waals surface area contributed by atoms with Crippen LogP contribution in [0, 0.1) is 0 Å². The van der Waals surface area contributed by atoms with Crippen molar-refractivity contribution in [3.63, 3.8) is 0 Å². The van der Waals surface area contributed by atoms with Crippen molar-refractivity contribution in [2.45, 2.75) is 37.8 Å². The molecule has 7 heteroatoms. The molecule has 2 aromatic rings. The molecule has 0 heterocycles. The highest BCUT2D eigenvalue weighted by Gasteiger charge is 2.15. The highest BCUT2D eigenvalue weighted by atomic mass is 32.2. The van der Waals surface area contributed by atoms with Crippen molar-refractivity contribution in [2.75, 3.05) is 13.6 Å². The fourth-order valence-corrected chi connectivity index (χ4v) is 3.42. The molecule has 0 saturated heterocycles. The first-order chi connectivity index (χ1) is 12.7. The van der Waals surface area contributed by atoms with E-state index in [0.29, 0.717) is 6.54 Å². The van der Waals surface area contributed by atoms with Gasteiger partial charge in [0.2, 0.25) is 10.0 Å². The van der Waals surface area contributed by atoms with Crippen molar-refractivity contribution in [2.24, 2.45) is 5.14 Å². The summed E-state index contributed by atoms with van der Waals surface area (Å²) in [6.07, 6.45) is 1.02. The van der Waals surface area contributed by atoms with Crippen LogP contribution in [-0.4, -0.2) is 27.9 Å². The molecule has 0 aromatic heterocycles. The van der Waals surface area contributed by atoms with Gasteiger partial charge in [-0.2, -0.15) is 0 Å². The minimum atomic E-state index is -3.71. The Hall–Kier alpha value is -2.22. The second kappa shape index (κ2) is 9.12. The zero-order chi connectivity index (χ0) is 20.0. The predicted molar refractivity (Wildman–Crippen MR) is 106 cm³/mol. The Morgan fingerprint density at radius 3 is 2.15 bits per heavy atom. The number of carbonyl (C=O) groups excluding carboxylic acids is 1. The van der Waals surface area contributed by atoms with E-state index in [1.54, 1.807) is 12.1 Å². The Morgan fingerprint density at radius 2 is 1.63 bits per heavy atom. The van der Waals surface area contributed by atoms with Gasteiger partial charge in [0.25, 0.3) is 5.91 Å². The van der Waals surface area contributed by atoms with Crippen molar-refractivity contribution >= 4 is 15.9 Å². The zero-order valence-electron chi connectivity index (χ0n) is 16.0. The van der Waals surface area contributed by atoms with E-state index in [0.717, 1.165) is 23.4 Å². The van der Waals surface area contributed by atoms with Gasteiger partial charge in [-0.05, 0) is 36.6 Å². The zero-order valence-corrected chi connectivity index (χ0v) is 16.8. The smallest absolute Gasteiger partial charge is 0.275 e. The normalized spacial score (nSPS) is 13.8. The van der Waals surface area contributed by atoms with Crippen LogP contribution in [-0.2, 0) is 27.8 Å². The topological polar surface area (TPSA) is 93.7 Å². The number of hydrogen-bond acceptors (Lipinski definition) is 3. The molecular formula is C20H28N3O3S+. The molecule has 0 saturated carbocycles. The Balaban J connectivity index is 1.88. The van der Waals surface area contributed by atoms with Gasteiger partial charge in [0, 0.05) is 5.56 Å². The van der Waals surface area contributed by atoms with Crippen molar-refractivity contribution in [3.05, 3.63) is 65.2 Å². The van der Waals surface area contributed by atoms with Crippen LogP contribution in [0.3, 0.4) is 0 Å². The number of rotatable bonds is 8. The van der Waals surface area contributed by atoms with Gasteiger partial charge in [-0.15, -0.1) is 0 Å². The number of quaternary nitrogens is 1. The molecule has 0 aliphatic carbocycles. The third kappa shape index (κ3) is 6.46. The lowest BCUT2D eigenvalue weighted by atomic mass is 10.1. The van der Waals surface area contributed by atoms with Gasteiger partial charge in [0.15, 0.2) is 6.54 Å². The molecule has 0 fully saturated rings. The molecule has 0 spiro atoms. The largest absolute Gasteiger partial charge is 0.345 e. The summed E-state index contributed by atoms with van der Waals surface area (Å²) in [6, 6.07) is 14.5. The SMILES string of the molecule is CCc1ccc(C[NH+](C)CC(=O)N[C@@H](C)c2ccc(S(N)(=O)=O)cc2)cc1. The van der Waals surface area contributed by atoms with E-state index >= 15 is 0 Å².